The van der Waals surface area contributed by atoms with Crippen molar-refractivity contribution in [2.75, 3.05) is 13.2 Å². The number of carbonyl (C=O) groups is 2. The molecule has 1 aliphatic heterocycles. The Labute approximate surface area is 123 Å². The summed E-state index contributed by atoms with van der Waals surface area (Å²) in [7, 11) is 0. The number of nitrogens with one attached hydrogen (secondary N) is 1. The molecular weight excluding hydrogens is 288 g/mol. The van der Waals surface area contributed by atoms with E-state index in [9.17, 15) is 9.59 Å². The molecule has 0 saturated carbocycles. The summed E-state index contributed by atoms with van der Waals surface area (Å²) >= 11 is 0. The maximum absolute atomic E-state index is 11.2. The molecule has 9 heteroatoms. The standard InChI is InChI=1S/C11H20N4O4.ClH/c1-11(14-15-11)5-7-19-10(18)13-6-3-2-4-8(12)9(16)17;/h8H,2-7,12H2,1H3,(H,13,18)(H,16,17);1H/t8-;/m0./s1. The highest BCUT2D eigenvalue weighted by Gasteiger charge is 2.33. The van der Waals surface area contributed by atoms with Crippen LogP contribution >= 0.6 is 12.4 Å². The minimum Gasteiger partial charge on any atom is -0.480 e. The first-order valence-electron chi connectivity index (χ1n) is 6.26. The van der Waals surface area contributed by atoms with Crippen LogP contribution in [0.3, 0.4) is 0 Å². The van der Waals surface area contributed by atoms with Crippen molar-refractivity contribution >= 4 is 24.5 Å². The van der Waals surface area contributed by atoms with Gasteiger partial charge in [0.15, 0.2) is 5.66 Å². The number of halogens is 1. The number of amides is 1. The summed E-state index contributed by atoms with van der Waals surface area (Å²) < 4.78 is 4.94. The summed E-state index contributed by atoms with van der Waals surface area (Å²) in [5.74, 6) is -1.00. The Balaban J connectivity index is 0.00000361. The molecule has 1 amide bonds. The lowest BCUT2D eigenvalue weighted by molar-refractivity contribution is -0.138. The third-order valence-electron chi connectivity index (χ3n) is 2.78. The van der Waals surface area contributed by atoms with E-state index in [1.54, 1.807) is 0 Å². The first kappa shape index (κ1) is 18.6. The number of nitrogens with zero attached hydrogens (tertiary/aromatic N) is 2. The molecule has 4 N–H and O–H groups in total. The summed E-state index contributed by atoms with van der Waals surface area (Å²) in [4.78, 5) is 21.7. The second-order valence-electron chi connectivity index (χ2n) is 4.67. The van der Waals surface area contributed by atoms with E-state index in [-0.39, 0.29) is 24.7 Å². The molecule has 116 valence electrons. The van der Waals surface area contributed by atoms with Crippen LogP contribution in [-0.4, -0.2) is 42.0 Å². The Bertz CT molecular complexity index is 358. The number of unbranched alkanes of at least 4 members (excludes halogenated alkanes) is 1. The lowest BCUT2D eigenvalue weighted by atomic mass is 10.1. The Morgan fingerprint density at radius 3 is 2.60 bits per heavy atom. The minimum absolute atomic E-state index is 0. The van der Waals surface area contributed by atoms with Crippen LogP contribution < -0.4 is 11.1 Å². The fourth-order valence-electron chi connectivity index (χ4n) is 1.38. The zero-order valence-corrected chi connectivity index (χ0v) is 12.2. The molecule has 1 atom stereocenters. The van der Waals surface area contributed by atoms with E-state index in [4.69, 9.17) is 15.6 Å². The number of hydrogen-bond donors (Lipinski definition) is 3. The maximum atomic E-state index is 11.2. The van der Waals surface area contributed by atoms with E-state index in [1.165, 1.54) is 0 Å². The number of aliphatic carboxylic acids is 1. The van der Waals surface area contributed by atoms with Crippen LogP contribution in [0.5, 0.6) is 0 Å². The smallest absolute Gasteiger partial charge is 0.407 e. The molecule has 0 saturated heterocycles. The van der Waals surface area contributed by atoms with E-state index in [2.05, 4.69) is 15.5 Å². The molecule has 8 nitrogen and oxygen atoms in total. The summed E-state index contributed by atoms with van der Waals surface area (Å²) in [5, 5.41) is 18.7. The van der Waals surface area contributed by atoms with Gasteiger partial charge in [0.05, 0.1) is 6.61 Å². The second kappa shape index (κ2) is 8.70. The summed E-state index contributed by atoms with van der Waals surface area (Å²) in [6.45, 7) is 2.58. The highest BCUT2D eigenvalue weighted by Crippen LogP contribution is 2.30. The largest absolute Gasteiger partial charge is 0.480 e. The van der Waals surface area contributed by atoms with Gasteiger partial charge in [-0.05, 0) is 26.2 Å². The van der Waals surface area contributed by atoms with Crippen molar-refractivity contribution in [3.8, 4) is 0 Å². The molecule has 0 bridgehead atoms. The van der Waals surface area contributed by atoms with Crippen molar-refractivity contribution in [3.63, 3.8) is 0 Å². The number of ether oxygens (including phenoxy) is 1. The average molecular weight is 309 g/mol. The van der Waals surface area contributed by atoms with Crippen molar-refractivity contribution in [2.45, 2.75) is 44.3 Å². The van der Waals surface area contributed by atoms with Gasteiger partial charge in [0.25, 0.3) is 0 Å². The number of carboxylic acid groups (broad SMARTS) is 1. The van der Waals surface area contributed by atoms with Gasteiger partial charge in [-0.2, -0.15) is 10.2 Å². The zero-order valence-electron chi connectivity index (χ0n) is 11.4. The first-order valence-corrected chi connectivity index (χ1v) is 6.26. The third-order valence-corrected chi connectivity index (χ3v) is 2.78. The highest BCUT2D eigenvalue weighted by atomic mass is 35.5. The van der Waals surface area contributed by atoms with E-state index in [1.807, 2.05) is 6.92 Å². The Kier molecular flexibility index (Phi) is 8.09. The van der Waals surface area contributed by atoms with Gasteiger partial charge in [-0.15, -0.1) is 12.4 Å². The van der Waals surface area contributed by atoms with Gasteiger partial charge >= 0.3 is 12.1 Å². The Morgan fingerprint density at radius 1 is 1.40 bits per heavy atom. The topological polar surface area (TPSA) is 126 Å². The number of carbonyl (C=O) groups excluding carboxylic acids is 1. The molecule has 0 radical (unpaired) electrons. The fraction of sp³-hybridized carbons (Fsp3) is 0.818. The van der Waals surface area contributed by atoms with Gasteiger partial charge in [0, 0.05) is 13.0 Å². The van der Waals surface area contributed by atoms with Crippen LogP contribution in [0.1, 0.15) is 32.6 Å². The van der Waals surface area contributed by atoms with E-state index < -0.39 is 18.1 Å². The summed E-state index contributed by atoms with van der Waals surface area (Å²) in [5.41, 5.74) is 4.99. The maximum Gasteiger partial charge on any atom is 0.407 e. The van der Waals surface area contributed by atoms with Crippen molar-refractivity contribution in [2.24, 2.45) is 16.0 Å². The third kappa shape index (κ3) is 7.90. The minimum atomic E-state index is -1.00. The van der Waals surface area contributed by atoms with Crippen LogP contribution in [0.2, 0.25) is 0 Å². The molecule has 0 aromatic rings. The SMILES string of the molecule is CC1(CCOC(=O)NCCCC[C@H](N)C(=O)O)N=N1.Cl. The first-order chi connectivity index (χ1) is 8.93. The van der Waals surface area contributed by atoms with E-state index >= 15 is 0 Å². The molecule has 0 spiro atoms. The highest BCUT2D eigenvalue weighted by molar-refractivity contribution is 5.85. The number of carboxylic acids is 1. The van der Waals surface area contributed by atoms with Crippen molar-refractivity contribution < 1.29 is 19.4 Å². The molecule has 1 rings (SSSR count). The van der Waals surface area contributed by atoms with Gasteiger partial charge < -0.3 is 20.9 Å². The lowest BCUT2D eigenvalue weighted by Crippen LogP contribution is -2.30. The van der Waals surface area contributed by atoms with Gasteiger partial charge in [-0.25, -0.2) is 4.79 Å². The monoisotopic (exact) mass is 308 g/mol. The molecule has 1 heterocycles. The van der Waals surface area contributed by atoms with Crippen LogP contribution in [0.15, 0.2) is 10.2 Å². The number of alkyl carbamates (subject to hydrolysis) is 1. The normalized spacial score (nSPS) is 15.9. The van der Waals surface area contributed by atoms with Crippen LogP contribution in [0, 0.1) is 0 Å². The zero-order chi connectivity index (χ0) is 14.3. The predicted molar refractivity (Wildman–Crippen MR) is 73.9 cm³/mol. The van der Waals surface area contributed by atoms with Crippen LogP contribution in [-0.2, 0) is 9.53 Å². The molecule has 0 aromatic heterocycles. The van der Waals surface area contributed by atoms with E-state index in [0.29, 0.717) is 32.2 Å². The molecule has 1 aliphatic rings. The van der Waals surface area contributed by atoms with Crippen molar-refractivity contribution in [3.05, 3.63) is 0 Å². The molecular formula is C11H21ClN4O4. The van der Waals surface area contributed by atoms with Gasteiger partial charge in [-0.1, -0.05) is 0 Å². The lowest BCUT2D eigenvalue weighted by Gasteiger charge is -2.08. The molecule has 0 unspecified atom stereocenters. The number of rotatable bonds is 9. The van der Waals surface area contributed by atoms with Gasteiger partial charge in [0.2, 0.25) is 0 Å². The Hall–Kier alpha value is -1.41. The van der Waals surface area contributed by atoms with Crippen molar-refractivity contribution in [1.82, 2.24) is 5.32 Å². The molecule has 0 aliphatic carbocycles. The number of nitrogens with two attached hydrogens (primary N) is 1. The molecule has 20 heavy (non-hydrogen) atoms. The fourth-order valence-corrected chi connectivity index (χ4v) is 1.38. The van der Waals surface area contributed by atoms with Crippen LogP contribution in [0.25, 0.3) is 0 Å². The van der Waals surface area contributed by atoms with Crippen LogP contribution in [0.4, 0.5) is 4.79 Å². The van der Waals surface area contributed by atoms with Gasteiger partial charge in [-0.3, -0.25) is 4.79 Å². The van der Waals surface area contributed by atoms with Gasteiger partial charge in [0.1, 0.15) is 6.04 Å². The second-order valence-corrected chi connectivity index (χ2v) is 4.67. The molecule has 0 fully saturated rings. The summed E-state index contributed by atoms with van der Waals surface area (Å²) in [6, 6.07) is -0.835. The number of hydrogen-bond acceptors (Lipinski definition) is 6. The average Bonchev–Trinajstić information content (AvgIpc) is 3.06. The van der Waals surface area contributed by atoms with E-state index in [0.717, 1.165) is 0 Å². The quantitative estimate of drug-likeness (QED) is 0.553. The Morgan fingerprint density at radius 2 is 2.05 bits per heavy atom. The van der Waals surface area contributed by atoms with Crippen molar-refractivity contribution in [1.29, 1.82) is 0 Å². The predicted octanol–water partition coefficient (Wildman–Crippen LogP) is 1.29. The molecule has 0 aromatic carbocycles. The summed E-state index contributed by atoms with van der Waals surface area (Å²) in [6.07, 6.45) is 1.82.